The van der Waals surface area contributed by atoms with Crippen LogP contribution in [0.3, 0.4) is 0 Å². The average Bonchev–Trinajstić information content (AvgIpc) is 2.92. The molecule has 0 spiro atoms. The molecule has 1 saturated carbocycles. The average molecular weight is 293 g/mol. The van der Waals surface area contributed by atoms with E-state index in [2.05, 4.69) is 36.1 Å². The number of nitrogens with zero attached hydrogens (tertiary/aromatic N) is 2. The van der Waals surface area contributed by atoms with Crippen molar-refractivity contribution in [3.63, 3.8) is 0 Å². The minimum absolute atomic E-state index is 0.407. The first-order chi connectivity index (χ1) is 10.1. The standard InChI is InChI=1S/C18H35N3/c1-15-6-4-9-18(13-15,20(2)3)14-19-16-8-11-21-10-5-7-17(21)12-16/h15-17,19H,4-14H2,1-3H3. The predicted molar refractivity (Wildman–Crippen MR) is 89.7 cm³/mol. The van der Waals surface area contributed by atoms with Crippen molar-refractivity contribution in [3.05, 3.63) is 0 Å². The van der Waals surface area contributed by atoms with Gasteiger partial charge in [-0.25, -0.2) is 0 Å². The van der Waals surface area contributed by atoms with E-state index in [9.17, 15) is 0 Å². The van der Waals surface area contributed by atoms with Crippen LogP contribution in [-0.4, -0.2) is 61.2 Å². The molecule has 0 aromatic carbocycles. The van der Waals surface area contributed by atoms with Crippen LogP contribution in [0.1, 0.15) is 58.3 Å². The SMILES string of the molecule is CC1CCCC(CNC2CCN3CCCC3C2)(N(C)C)C1. The molecule has 1 aliphatic carbocycles. The van der Waals surface area contributed by atoms with Gasteiger partial charge in [-0.1, -0.05) is 19.8 Å². The monoisotopic (exact) mass is 293 g/mol. The molecule has 0 radical (unpaired) electrons. The van der Waals surface area contributed by atoms with Crippen LogP contribution in [0.2, 0.25) is 0 Å². The summed E-state index contributed by atoms with van der Waals surface area (Å²) < 4.78 is 0. The van der Waals surface area contributed by atoms with E-state index in [-0.39, 0.29) is 0 Å². The third-order valence-electron chi connectivity index (χ3n) is 6.56. The molecule has 1 N–H and O–H groups in total. The summed E-state index contributed by atoms with van der Waals surface area (Å²) in [5, 5.41) is 3.98. The van der Waals surface area contributed by atoms with Gasteiger partial charge in [0.2, 0.25) is 0 Å². The molecule has 4 atom stereocenters. The fourth-order valence-electron chi connectivity index (χ4n) is 5.10. The van der Waals surface area contributed by atoms with Gasteiger partial charge in [-0.2, -0.15) is 0 Å². The van der Waals surface area contributed by atoms with Crippen LogP contribution < -0.4 is 5.32 Å². The largest absolute Gasteiger partial charge is 0.312 e. The molecule has 3 aliphatic rings. The molecular formula is C18H35N3. The summed E-state index contributed by atoms with van der Waals surface area (Å²) in [4.78, 5) is 5.24. The molecule has 2 heterocycles. The van der Waals surface area contributed by atoms with Crippen LogP contribution in [0.4, 0.5) is 0 Å². The summed E-state index contributed by atoms with van der Waals surface area (Å²) in [5.74, 6) is 0.889. The fourth-order valence-corrected chi connectivity index (χ4v) is 5.10. The summed E-state index contributed by atoms with van der Waals surface area (Å²) in [7, 11) is 4.58. The molecular weight excluding hydrogens is 258 g/mol. The molecule has 122 valence electrons. The van der Waals surface area contributed by atoms with Gasteiger partial charge in [0.25, 0.3) is 0 Å². The quantitative estimate of drug-likeness (QED) is 0.860. The van der Waals surface area contributed by atoms with Gasteiger partial charge < -0.3 is 15.1 Å². The summed E-state index contributed by atoms with van der Waals surface area (Å²) in [5.41, 5.74) is 0.407. The summed E-state index contributed by atoms with van der Waals surface area (Å²) in [6.45, 7) is 6.32. The van der Waals surface area contributed by atoms with E-state index in [1.165, 1.54) is 71.0 Å². The lowest BCUT2D eigenvalue weighted by atomic mass is 9.75. The van der Waals surface area contributed by atoms with Crippen molar-refractivity contribution >= 4 is 0 Å². The number of hydrogen-bond acceptors (Lipinski definition) is 3. The lowest BCUT2D eigenvalue weighted by Gasteiger charge is -2.47. The van der Waals surface area contributed by atoms with Crippen LogP contribution in [0.15, 0.2) is 0 Å². The van der Waals surface area contributed by atoms with Gasteiger partial charge in [0.05, 0.1) is 0 Å². The summed E-state index contributed by atoms with van der Waals surface area (Å²) in [6.07, 6.45) is 11.2. The van der Waals surface area contributed by atoms with Gasteiger partial charge in [-0.15, -0.1) is 0 Å². The summed E-state index contributed by atoms with van der Waals surface area (Å²) >= 11 is 0. The number of rotatable bonds is 4. The second-order valence-corrected chi connectivity index (χ2v) is 8.25. The fraction of sp³-hybridized carbons (Fsp3) is 1.00. The van der Waals surface area contributed by atoms with Crippen molar-refractivity contribution in [3.8, 4) is 0 Å². The Morgan fingerprint density at radius 1 is 1.14 bits per heavy atom. The van der Waals surface area contributed by atoms with E-state index in [0.717, 1.165) is 18.0 Å². The molecule has 2 saturated heterocycles. The topological polar surface area (TPSA) is 18.5 Å². The lowest BCUT2D eigenvalue weighted by Crippen LogP contribution is -2.57. The van der Waals surface area contributed by atoms with Gasteiger partial charge in [0.15, 0.2) is 0 Å². The van der Waals surface area contributed by atoms with Crippen molar-refractivity contribution in [2.45, 2.75) is 75.9 Å². The van der Waals surface area contributed by atoms with Crippen LogP contribution in [0.5, 0.6) is 0 Å². The van der Waals surface area contributed by atoms with Crippen molar-refractivity contribution in [2.24, 2.45) is 5.92 Å². The van der Waals surface area contributed by atoms with E-state index >= 15 is 0 Å². The third kappa shape index (κ3) is 3.46. The molecule has 3 fully saturated rings. The van der Waals surface area contributed by atoms with Crippen molar-refractivity contribution in [2.75, 3.05) is 33.7 Å². The van der Waals surface area contributed by atoms with E-state index in [4.69, 9.17) is 0 Å². The number of nitrogens with one attached hydrogen (secondary N) is 1. The summed E-state index contributed by atoms with van der Waals surface area (Å²) in [6, 6.07) is 1.65. The molecule has 3 nitrogen and oxygen atoms in total. The van der Waals surface area contributed by atoms with Crippen molar-refractivity contribution < 1.29 is 0 Å². The van der Waals surface area contributed by atoms with Gasteiger partial charge in [-0.3, -0.25) is 0 Å². The Kier molecular flexibility index (Phi) is 4.92. The number of fused-ring (bicyclic) bond motifs is 1. The lowest BCUT2D eigenvalue weighted by molar-refractivity contribution is 0.0662. The Morgan fingerprint density at radius 2 is 2.00 bits per heavy atom. The molecule has 21 heavy (non-hydrogen) atoms. The van der Waals surface area contributed by atoms with E-state index in [1.807, 2.05) is 0 Å². The first-order valence-electron chi connectivity index (χ1n) is 9.24. The Hall–Kier alpha value is -0.120. The Labute approximate surface area is 131 Å². The van der Waals surface area contributed by atoms with Crippen molar-refractivity contribution in [1.29, 1.82) is 0 Å². The first-order valence-corrected chi connectivity index (χ1v) is 9.24. The predicted octanol–water partition coefficient (Wildman–Crippen LogP) is 2.71. The molecule has 3 heteroatoms. The number of hydrogen-bond donors (Lipinski definition) is 1. The van der Waals surface area contributed by atoms with Crippen LogP contribution in [0.25, 0.3) is 0 Å². The number of piperidine rings is 1. The normalized spacial score (nSPS) is 41.4. The smallest absolute Gasteiger partial charge is 0.0330 e. The molecule has 2 aliphatic heterocycles. The second-order valence-electron chi connectivity index (χ2n) is 8.25. The first kappa shape index (κ1) is 15.8. The highest BCUT2D eigenvalue weighted by molar-refractivity contribution is 4.97. The third-order valence-corrected chi connectivity index (χ3v) is 6.56. The molecule has 0 bridgehead atoms. The molecule has 0 aromatic heterocycles. The van der Waals surface area contributed by atoms with Crippen LogP contribution >= 0.6 is 0 Å². The molecule has 0 amide bonds. The molecule has 4 unspecified atom stereocenters. The van der Waals surface area contributed by atoms with Gasteiger partial charge in [-0.05, 0) is 71.6 Å². The maximum Gasteiger partial charge on any atom is 0.0330 e. The van der Waals surface area contributed by atoms with Gasteiger partial charge >= 0.3 is 0 Å². The minimum atomic E-state index is 0.407. The maximum absolute atomic E-state index is 3.98. The van der Waals surface area contributed by atoms with Crippen LogP contribution in [0, 0.1) is 5.92 Å². The Bertz CT molecular complexity index is 343. The second kappa shape index (κ2) is 6.55. The molecule has 3 rings (SSSR count). The highest BCUT2D eigenvalue weighted by atomic mass is 15.2. The minimum Gasteiger partial charge on any atom is -0.312 e. The van der Waals surface area contributed by atoms with Crippen LogP contribution in [-0.2, 0) is 0 Å². The molecule has 0 aromatic rings. The van der Waals surface area contributed by atoms with Gasteiger partial charge in [0.1, 0.15) is 0 Å². The zero-order valence-corrected chi connectivity index (χ0v) is 14.4. The zero-order chi connectivity index (χ0) is 14.9. The van der Waals surface area contributed by atoms with Gasteiger partial charge in [0, 0.05) is 24.2 Å². The van der Waals surface area contributed by atoms with Crippen molar-refractivity contribution in [1.82, 2.24) is 15.1 Å². The van der Waals surface area contributed by atoms with E-state index in [1.54, 1.807) is 0 Å². The number of likely N-dealkylation sites (N-methyl/N-ethyl adjacent to an activating group) is 1. The maximum atomic E-state index is 3.98. The highest BCUT2D eigenvalue weighted by Gasteiger charge is 2.38. The van der Waals surface area contributed by atoms with E-state index in [0.29, 0.717) is 5.54 Å². The highest BCUT2D eigenvalue weighted by Crippen LogP contribution is 2.35. The Balaban J connectivity index is 1.54. The Morgan fingerprint density at radius 3 is 2.76 bits per heavy atom. The zero-order valence-electron chi connectivity index (χ0n) is 14.4. The van der Waals surface area contributed by atoms with E-state index < -0.39 is 0 Å².